The number of imidazole rings is 2. The lowest BCUT2D eigenvalue weighted by molar-refractivity contribution is 0.255. The van der Waals surface area contributed by atoms with E-state index in [0.29, 0.717) is 57.0 Å². The number of aromatic nitrogens is 7. The number of pyridine rings is 3. The number of hydrogen-bond acceptors (Lipinski definition) is 17. The van der Waals surface area contributed by atoms with Crippen molar-refractivity contribution in [2.75, 3.05) is 88.7 Å². The molecule has 3 saturated heterocycles. The summed E-state index contributed by atoms with van der Waals surface area (Å²) in [6.07, 6.45) is 13.6. The van der Waals surface area contributed by atoms with Crippen LogP contribution in [0.25, 0.3) is 43.7 Å². The molecule has 3 atom stereocenters. The number of fused-ring (bicyclic) bond motifs is 3. The van der Waals surface area contributed by atoms with E-state index in [1.54, 1.807) is 57.9 Å². The van der Waals surface area contributed by atoms with Gasteiger partial charge < -0.3 is 69.6 Å². The Kier molecular flexibility index (Phi) is 22.4. The van der Waals surface area contributed by atoms with E-state index in [1.807, 2.05) is 95.7 Å². The van der Waals surface area contributed by atoms with Gasteiger partial charge in [0, 0.05) is 53.5 Å². The molecule has 462 valence electrons. The first-order valence-electron chi connectivity index (χ1n) is 29.1. The third-order valence-corrected chi connectivity index (χ3v) is 16.4. The lowest BCUT2D eigenvalue weighted by atomic mass is 10.1. The minimum absolute atomic E-state index is 0.107. The number of aliphatic hydroxyl groups excluding tert-OH is 3. The molecule has 0 aliphatic carbocycles. The van der Waals surface area contributed by atoms with E-state index >= 15 is 0 Å². The summed E-state index contributed by atoms with van der Waals surface area (Å²) < 4.78 is 25.1. The van der Waals surface area contributed by atoms with Crippen molar-refractivity contribution in [1.29, 1.82) is 0 Å². The van der Waals surface area contributed by atoms with Gasteiger partial charge in [0.1, 0.15) is 63.0 Å². The molecule has 0 unspecified atom stereocenters. The molecule has 3 aliphatic rings. The van der Waals surface area contributed by atoms with Crippen LogP contribution in [0.3, 0.4) is 0 Å². The van der Waals surface area contributed by atoms with Gasteiger partial charge in [0.25, 0.3) is 0 Å². The van der Waals surface area contributed by atoms with Gasteiger partial charge in [0.2, 0.25) is 5.75 Å². The van der Waals surface area contributed by atoms with Crippen LogP contribution in [-0.4, -0.2) is 135 Å². The molecule has 13 rings (SSSR count). The number of halogens is 3. The molecule has 10 aromatic rings. The van der Waals surface area contributed by atoms with Crippen LogP contribution >= 0.6 is 34.8 Å². The second kappa shape index (κ2) is 30.7. The number of hydrogen-bond donors (Lipinski definition) is 6. The number of anilines is 5. The predicted octanol–water partition coefficient (Wildman–Crippen LogP) is 12.4. The zero-order valence-corrected chi connectivity index (χ0v) is 52.5. The molecule has 0 radical (unpaired) electrons. The van der Waals surface area contributed by atoms with Crippen molar-refractivity contribution < 1.29 is 34.3 Å². The Morgan fingerprint density at radius 3 is 1.62 bits per heavy atom. The second-order valence-corrected chi connectivity index (χ2v) is 22.4. The normalized spacial score (nSPS) is 16.0. The van der Waals surface area contributed by atoms with Gasteiger partial charge in [-0.2, -0.15) is 0 Å². The van der Waals surface area contributed by atoms with E-state index < -0.39 is 0 Å². The van der Waals surface area contributed by atoms with Crippen molar-refractivity contribution in [1.82, 2.24) is 39.4 Å². The summed E-state index contributed by atoms with van der Waals surface area (Å²) in [5.41, 5.74) is 9.71. The summed E-state index contributed by atoms with van der Waals surface area (Å²) in [4.78, 5) is 26.3. The molecular weight excluding hydrogens is 1180 g/mol. The number of benzene rings is 5. The summed E-state index contributed by atoms with van der Waals surface area (Å²) in [5, 5.41) is 42.1. The van der Waals surface area contributed by atoms with Crippen molar-refractivity contribution in [2.45, 2.75) is 70.5 Å². The fourth-order valence-corrected chi connectivity index (χ4v) is 11.7. The van der Waals surface area contributed by atoms with Crippen LogP contribution in [0.2, 0.25) is 15.5 Å². The highest BCUT2D eigenvalue weighted by Gasteiger charge is 2.28. The first kappa shape index (κ1) is 64.3. The zero-order chi connectivity index (χ0) is 62.3. The van der Waals surface area contributed by atoms with Crippen LogP contribution in [0.5, 0.6) is 23.0 Å². The average Bonchev–Trinajstić information content (AvgIpc) is 2.96. The predicted molar refractivity (Wildman–Crippen MR) is 354 cm³/mol. The fourth-order valence-electron chi connectivity index (χ4n) is 11.0. The molecule has 0 saturated carbocycles. The highest BCUT2D eigenvalue weighted by atomic mass is 35.5. The van der Waals surface area contributed by atoms with Gasteiger partial charge in [-0.05, 0) is 110 Å². The van der Waals surface area contributed by atoms with Crippen LogP contribution in [0, 0.1) is 13.8 Å². The molecule has 5 aromatic carbocycles. The molecule has 0 spiro atoms. The number of rotatable bonds is 13. The Labute approximate surface area is 527 Å². The molecule has 88 heavy (non-hydrogen) atoms. The average molecular weight is 1250 g/mol. The molecule has 0 amide bonds. The largest absolute Gasteiger partial charge is 0.496 e. The standard InChI is InChI=1S/C26H29N5O2.C14H15ClN2O.C12H15N3O3.C9H5Cl2N.C5H11NO/c1-17-11-21(13-23(33-3)18(17)2)30-14-25(27-16-30)28-24-12-19-7-4-5-9-22(19)26(29-24)31-10-6-8-20(31)15-32;15-13-8-10-4-1-2-6-12(10)14(16-13)17-7-3-5-11(17)9-18;1-16-9-4-8(15-6-11(13)14-7-15)5-10(17-2)12(9)18-3;10-8-5-6-3-1-2-4-7(6)9(11)12-8;7-4-5-2-1-3-6-5/h4-5,7,9,11-14,16,20,32H,6,8,10,15H2,1-3H3,(H,28,29);1-2,4,6,8,11,18H,3,5,7,9H2;4-7H,13H2,1-3H3;1-5H;5-7H,1-4H2/t20-;11-;;;5-/m11..1/s1. The van der Waals surface area contributed by atoms with E-state index in [1.165, 1.54) is 6.42 Å². The van der Waals surface area contributed by atoms with Crippen molar-refractivity contribution in [3.63, 3.8) is 0 Å². The molecular formula is C66H75Cl3N12O7. The van der Waals surface area contributed by atoms with E-state index in [0.717, 1.165) is 130 Å². The van der Waals surface area contributed by atoms with Crippen LogP contribution in [0.15, 0.2) is 140 Å². The van der Waals surface area contributed by atoms with Gasteiger partial charge >= 0.3 is 0 Å². The van der Waals surface area contributed by atoms with Gasteiger partial charge in [-0.1, -0.05) is 108 Å². The highest BCUT2D eigenvalue weighted by Crippen LogP contribution is 2.40. The van der Waals surface area contributed by atoms with Gasteiger partial charge in [-0.25, -0.2) is 24.9 Å². The topological polar surface area (TPSA) is 228 Å². The smallest absolute Gasteiger partial charge is 0.203 e. The first-order chi connectivity index (χ1) is 42.8. The molecule has 5 aromatic heterocycles. The van der Waals surface area contributed by atoms with E-state index in [4.69, 9.17) is 69.6 Å². The molecule has 22 heteroatoms. The molecule has 19 nitrogen and oxygen atoms in total. The SMILES string of the molecule is COc1cc(-n2cnc(N)c2)cc(OC)c1OC.COc1cc(-n2cnc(Nc3cc4ccccc4c(N4CCC[C@@H]4CO)n3)c2)cc(C)c1C.Clc1cc2ccccc2c(Cl)n1.OC[C@H]1CCCN1.OC[C@H]1CCCN1c1nc(Cl)cc2ccccc12. The number of nitrogens with two attached hydrogens (primary N) is 1. The molecule has 7 N–H and O–H groups in total. The number of methoxy groups -OCH3 is 4. The number of nitrogen functional groups attached to an aromatic ring is 1. The highest BCUT2D eigenvalue weighted by molar-refractivity contribution is 6.36. The van der Waals surface area contributed by atoms with E-state index in [2.05, 4.69) is 78.5 Å². The van der Waals surface area contributed by atoms with Crippen molar-refractivity contribution in [2.24, 2.45) is 0 Å². The van der Waals surface area contributed by atoms with Gasteiger partial charge in [0.05, 0.1) is 84.1 Å². The van der Waals surface area contributed by atoms with Crippen LogP contribution in [-0.2, 0) is 0 Å². The molecule has 8 heterocycles. The lowest BCUT2D eigenvalue weighted by Gasteiger charge is -2.26. The second-order valence-electron chi connectivity index (χ2n) is 21.3. The maximum absolute atomic E-state index is 9.85. The Hall–Kier alpha value is -8.14. The quantitative estimate of drug-likeness (QED) is 0.0590. The fraction of sp³-hybridized carbons (Fsp3) is 0.318. The van der Waals surface area contributed by atoms with Crippen molar-refractivity contribution >= 4 is 96.2 Å². The third kappa shape index (κ3) is 15.6. The summed E-state index contributed by atoms with van der Waals surface area (Å²) in [7, 11) is 6.40. The number of aryl methyl sites for hydroxylation is 1. The van der Waals surface area contributed by atoms with Crippen LogP contribution < -0.4 is 45.1 Å². The maximum Gasteiger partial charge on any atom is 0.203 e. The Morgan fingerprint density at radius 1 is 0.568 bits per heavy atom. The van der Waals surface area contributed by atoms with Crippen LogP contribution in [0.1, 0.15) is 49.7 Å². The number of nitrogens with one attached hydrogen (secondary N) is 2. The van der Waals surface area contributed by atoms with Gasteiger partial charge in [-0.15, -0.1) is 0 Å². The maximum atomic E-state index is 9.85. The summed E-state index contributed by atoms with van der Waals surface area (Å²) in [5.74, 6) is 6.27. The number of ether oxygens (including phenoxy) is 4. The summed E-state index contributed by atoms with van der Waals surface area (Å²) in [6.45, 7) is 7.67. The van der Waals surface area contributed by atoms with Gasteiger partial charge in [-0.3, -0.25) is 0 Å². The Morgan fingerprint density at radius 2 is 1.09 bits per heavy atom. The Balaban J connectivity index is 0.000000143. The summed E-state index contributed by atoms with van der Waals surface area (Å²) >= 11 is 17.7. The van der Waals surface area contributed by atoms with E-state index in [9.17, 15) is 10.2 Å². The summed E-state index contributed by atoms with van der Waals surface area (Å²) in [6, 6.07) is 38.3. The minimum atomic E-state index is 0.107. The number of aliphatic hydroxyl groups is 3. The van der Waals surface area contributed by atoms with Crippen molar-refractivity contribution in [3.05, 3.63) is 167 Å². The van der Waals surface area contributed by atoms with Crippen molar-refractivity contribution in [3.8, 4) is 34.4 Å². The minimum Gasteiger partial charge on any atom is -0.496 e. The lowest BCUT2D eigenvalue weighted by Crippen LogP contribution is -2.33. The van der Waals surface area contributed by atoms with Gasteiger partial charge in [0.15, 0.2) is 11.5 Å². The van der Waals surface area contributed by atoms with Crippen LogP contribution in [0.4, 0.5) is 29.1 Å². The monoisotopic (exact) mass is 1250 g/mol. The zero-order valence-electron chi connectivity index (χ0n) is 50.2. The molecule has 3 fully saturated rings. The van der Waals surface area contributed by atoms with E-state index in [-0.39, 0.29) is 25.3 Å². The Bertz CT molecular complexity index is 3910. The third-order valence-electron chi connectivity index (χ3n) is 15.7. The molecule has 0 bridgehead atoms. The molecule has 3 aliphatic heterocycles. The first-order valence-corrected chi connectivity index (χ1v) is 30.2. The number of nitrogens with zero attached hydrogens (tertiary/aromatic N) is 9.